The number of hydrogen-bond acceptors (Lipinski definition) is 4. The first-order chi connectivity index (χ1) is 13.0. The van der Waals surface area contributed by atoms with E-state index in [0.717, 1.165) is 25.9 Å². The maximum Gasteiger partial charge on any atom is 0.261 e. The second-order valence-corrected chi connectivity index (χ2v) is 8.38. The van der Waals surface area contributed by atoms with E-state index in [9.17, 15) is 13.2 Å². The van der Waals surface area contributed by atoms with Gasteiger partial charge in [0.1, 0.15) is 0 Å². The Hall–Kier alpha value is -2.09. The summed E-state index contributed by atoms with van der Waals surface area (Å²) in [5.74, 6) is -0.317. The molecule has 1 saturated heterocycles. The monoisotopic (exact) mass is 408 g/mol. The number of anilines is 1. The van der Waals surface area contributed by atoms with Gasteiger partial charge in [0, 0.05) is 18.7 Å². The minimum atomic E-state index is -3.86. The quantitative estimate of drug-likeness (QED) is 0.734. The Balaban J connectivity index is 1.66. The molecule has 1 aliphatic rings. The molecule has 3 rings (SSSR count). The van der Waals surface area contributed by atoms with E-state index in [1.165, 1.54) is 18.2 Å². The van der Waals surface area contributed by atoms with Crippen molar-refractivity contribution in [3.63, 3.8) is 0 Å². The number of hydrogen-bond donors (Lipinski definition) is 2. The lowest BCUT2D eigenvalue weighted by atomic mass is 10.1. The molecule has 0 bridgehead atoms. The van der Waals surface area contributed by atoms with Gasteiger partial charge in [-0.3, -0.25) is 9.52 Å². The summed E-state index contributed by atoms with van der Waals surface area (Å²) >= 11 is 6.01. The second-order valence-electron chi connectivity index (χ2n) is 6.29. The van der Waals surface area contributed by atoms with Gasteiger partial charge in [-0.25, -0.2) is 8.42 Å². The van der Waals surface area contributed by atoms with Crippen molar-refractivity contribution in [1.82, 2.24) is 5.32 Å². The topological polar surface area (TPSA) is 84.5 Å². The van der Waals surface area contributed by atoms with Gasteiger partial charge in [0.05, 0.1) is 21.7 Å². The van der Waals surface area contributed by atoms with Crippen molar-refractivity contribution in [3.8, 4) is 0 Å². The highest BCUT2D eigenvalue weighted by Crippen LogP contribution is 2.24. The third kappa shape index (κ3) is 5.22. The van der Waals surface area contributed by atoms with Crippen LogP contribution in [0.15, 0.2) is 53.4 Å². The Kier molecular flexibility index (Phi) is 6.36. The molecule has 1 fully saturated rings. The molecular formula is C19H21ClN2O4S. The molecule has 0 saturated carbocycles. The van der Waals surface area contributed by atoms with Gasteiger partial charge in [-0.1, -0.05) is 29.8 Å². The van der Waals surface area contributed by atoms with Gasteiger partial charge < -0.3 is 10.1 Å². The molecule has 1 amide bonds. The fourth-order valence-electron chi connectivity index (χ4n) is 2.87. The molecule has 0 aliphatic carbocycles. The minimum Gasteiger partial charge on any atom is -0.378 e. The summed E-state index contributed by atoms with van der Waals surface area (Å²) in [6.07, 6.45) is 3.00. The van der Waals surface area contributed by atoms with Crippen molar-refractivity contribution in [2.75, 3.05) is 17.9 Å². The molecule has 1 unspecified atom stereocenters. The molecule has 0 radical (unpaired) electrons. The fourth-order valence-corrected chi connectivity index (χ4v) is 4.24. The van der Waals surface area contributed by atoms with Crippen molar-refractivity contribution in [3.05, 3.63) is 59.1 Å². The highest BCUT2D eigenvalue weighted by molar-refractivity contribution is 7.92. The fraction of sp³-hybridized carbons (Fsp3) is 0.316. The molecule has 27 heavy (non-hydrogen) atoms. The molecule has 8 heteroatoms. The molecule has 1 atom stereocenters. The van der Waals surface area contributed by atoms with E-state index in [1.54, 1.807) is 30.3 Å². The number of rotatable bonds is 7. The van der Waals surface area contributed by atoms with Gasteiger partial charge in [-0.15, -0.1) is 0 Å². The van der Waals surface area contributed by atoms with Gasteiger partial charge in [-0.2, -0.15) is 0 Å². The van der Waals surface area contributed by atoms with Gasteiger partial charge >= 0.3 is 0 Å². The largest absolute Gasteiger partial charge is 0.378 e. The molecule has 2 aromatic carbocycles. The number of para-hydroxylation sites is 1. The van der Waals surface area contributed by atoms with Crippen LogP contribution in [0.25, 0.3) is 0 Å². The third-order valence-electron chi connectivity index (χ3n) is 4.30. The standard InChI is InChI=1S/C19H21ClN2O4S/c20-17-8-1-2-9-18(17)22-27(24,25)16-7-3-5-14(13-16)19(23)21-11-10-15-6-4-12-26-15/h1-3,5,7-9,13,15,22H,4,6,10-12H2,(H,21,23). The first kappa shape index (κ1) is 19.7. The third-order valence-corrected chi connectivity index (χ3v) is 5.99. The van der Waals surface area contributed by atoms with Crippen LogP contribution in [0.3, 0.4) is 0 Å². The van der Waals surface area contributed by atoms with E-state index in [0.29, 0.717) is 11.6 Å². The smallest absolute Gasteiger partial charge is 0.261 e. The van der Waals surface area contributed by atoms with Crippen molar-refractivity contribution >= 4 is 33.2 Å². The molecule has 2 aromatic rings. The molecular weight excluding hydrogens is 388 g/mol. The summed E-state index contributed by atoms with van der Waals surface area (Å²) in [5.41, 5.74) is 0.565. The van der Waals surface area contributed by atoms with E-state index < -0.39 is 10.0 Å². The Morgan fingerprint density at radius 3 is 2.74 bits per heavy atom. The number of ether oxygens (including phenoxy) is 1. The van der Waals surface area contributed by atoms with Crippen LogP contribution in [-0.2, 0) is 14.8 Å². The van der Waals surface area contributed by atoms with E-state index >= 15 is 0 Å². The molecule has 1 heterocycles. The summed E-state index contributed by atoms with van der Waals surface area (Å²) in [7, 11) is -3.86. The van der Waals surface area contributed by atoms with Crippen LogP contribution in [0.5, 0.6) is 0 Å². The number of nitrogens with one attached hydrogen (secondary N) is 2. The summed E-state index contributed by atoms with van der Waals surface area (Å²) < 4.78 is 33.2. The second kappa shape index (κ2) is 8.73. The van der Waals surface area contributed by atoms with Crippen molar-refractivity contribution in [1.29, 1.82) is 0 Å². The van der Waals surface area contributed by atoms with Crippen LogP contribution in [-0.4, -0.2) is 33.6 Å². The molecule has 1 aliphatic heterocycles. The summed E-state index contributed by atoms with van der Waals surface area (Å²) in [6.45, 7) is 1.26. The van der Waals surface area contributed by atoms with Gasteiger partial charge in [0.15, 0.2) is 0 Å². The molecule has 144 valence electrons. The highest BCUT2D eigenvalue weighted by atomic mass is 35.5. The number of benzene rings is 2. The first-order valence-corrected chi connectivity index (χ1v) is 10.6. The van der Waals surface area contributed by atoms with Crippen LogP contribution in [0.1, 0.15) is 29.6 Å². The number of carbonyl (C=O) groups excluding carboxylic acids is 1. The molecule has 0 aromatic heterocycles. The zero-order valence-corrected chi connectivity index (χ0v) is 16.2. The molecule has 0 spiro atoms. The van der Waals surface area contributed by atoms with Gasteiger partial charge in [-0.05, 0) is 49.6 Å². The lowest BCUT2D eigenvalue weighted by molar-refractivity contribution is 0.0907. The SMILES string of the molecule is O=C(NCCC1CCCO1)c1cccc(S(=O)(=O)Nc2ccccc2Cl)c1. The van der Waals surface area contributed by atoms with Crippen molar-refractivity contribution < 1.29 is 17.9 Å². The Morgan fingerprint density at radius 1 is 1.19 bits per heavy atom. The van der Waals surface area contributed by atoms with Crippen LogP contribution in [0.4, 0.5) is 5.69 Å². The van der Waals surface area contributed by atoms with Crippen LogP contribution < -0.4 is 10.0 Å². The number of amides is 1. The minimum absolute atomic E-state index is 0.00537. The average molecular weight is 409 g/mol. The lowest BCUT2D eigenvalue weighted by Gasteiger charge is -2.12. The van der Waals surface area contributed by atoms with E-state index in [1.807, 2.05) is 0 Å². The number of carbonyl (C=O) groups is 1. The van der Waals surface area contributed by atoms with Crippen molar-refractivity contribution in [2.45, 2.75) is 30.3 Å². The van der Waals surface area contributed by atoms with Crippen LogP contribution in [0.2, 0.25) is 5.02 Å². The Morgan fingerprint density at radius 2 is 2.00 bits per heavy atom. The molecule has 2 N–H and O–H groups in total. The number of sulfonamides is 1. The maximum absolute atomic E-state index is 12.6. The van der Waals surface area contributed by atoms with Gasteiger partial charge in [0.2, 0.25) is 0 Å². The summed E-state index contributed by atoms with van der Waals surface area (Å²) in [6, 6.07) is 12.5. The van der Waals surface area contributed by atoms with E-state index in [-0.39, 0.29) is 28.2 Å². The first-order valence-electron chi connectivity index (χ1n) is 8.73. The lowest BCUT2D eigenvalue weighted by Crippen LogP contribution is -2.27. The molecule has 6 nitrogen and oxygen atoms in total. The highest BCUT2D eigenvalue weighted by Gasteiger charge is 2.18. The summed E-state index contributed by atoms with van der Waals surface area (Å²) in [5, 5.41) is 3.10. The van der Waals surface area contributed by atoms with Crippen molar-refractivity contribution in [2.24, 2.45) is 0 Å². The Labute approximate surface area is 163 Å². The van der Waals surface area contributed by atoms with E-state index in [2.05, 4.69) is 10.0 Å². The summed E-state index contributed by atoms with van der Waals surface area (Å²) in [4.78, 5) is 12.3. The van der Waals surface area contributed by atoms with Gasteiger partial charge in [0.25, 0.3) is 15.9 Å². The maximum atomic E-state index is 12.6. The van der Waals surface area contributed by atoms with E-state index in [4.69, 9.17) is 16.3 Å². The predicted molar refractivity (Wildman–Crippen MR) is 105 cm³/mol. The van der Waals surface area contributed by atoms with Crippen LogP contribution in [0, 0.1) is 0 Å². The zero-order chi connectivity index (χ0) is 19.3. The Bertz CT molecular complexity index is 911. The zero-order valence-electron chi connectivity index (χ0n) is 14.7. The average Bonchev–Trinajstić information content (AvgIpc) is 3.17. The van der Waals surface area contributed by atoms with Crippen LogP contribution >= 0.6 is 11.6 Å². The predicted octanol–water partition coefficient (Wildman–Crippen LogP) is 3.44. The number of halogens is 1. The normalized spacial score (nSPS) is 16.9.